The third kappa shape index (κ3) is 4.36. The van der Waals surface area contributed by atoms with E-state index in [0.29, 0.717) is 12.2 Å². The summed E-state index contributed by atoms with van der Waals surface area (Å²) in [6.45, 7) is 0.656. The van der Waals surface area contributed by atoms with Crippen molar-refractivity contribution in [1.82, 2.24) is 19.9 Å². The van der Waals surface area contributed by atoms with Crippen LogP contribution >= 0.6 is 0 Å². The molecule has 0 saturated carbocycles. The number of hydrogen-bond donors (Lipinski definition) is 3. The van der Waals surface area contributed by atoms with Gasteiger partial charge < -0.3 is 10.6 Å². The first kappa shape index (κ1) is 17.3. The van der Waals surface area contributed by atoms with E-state index < -0.39 is 6.03 Å². The second kappa shape index (κ2) is 8.09. The van der Waals surface area contributed by atoms with Gasteiger partial charge in [0.15, 0.2) is 0 Å². The number of carbonyl (C=O) groups excluding carboxylic acids is 1. The van der Waals surface area contributed by atoms with Crippen molar-refractivity contribution in [2.45, 2.75) is 6.54 Å². The summed E-state index contributed by atoms with van der Waals surface area (Å²) in [6.07, 6.45) is 8.43. The van der Waals surface area contributed by atoms with Crippen LogP contribution in [0.5, 0.6) is 0 Å². The molecule has 3 heterocycles. The first-order valence-electron chi connectivity index (χ1n) is 8.64. The third-order valence-corrected chi connectivity index (χ3v) is 3.95. The highest BCUT2D eigenvalue weighted by molar-refractivity contribution is 5.99. The molecule has 0 radical (unpaired) electrons. The van der Waals surface area contributed by atoms with Crippen LogP contribution < -0.4 is 16.0 Å². The summed E-state index contributed by atoms with van der Waals surface area (Å²) in [7, 11) is 0. The molecule has 2 amide bonds. The summed E-state index contributed by atoms with van der Waals surface area (Å²) >= 11 is 0. The van der Waals surface area contributed by atoms with Crippen LogP contribution in [0.1, 0.15) is 5.56 Å². The summed E-state index contributed by atoms with van der Waals surface area (Å²) in [5.41, 5.74) is 3.31. The molecule has 8 heteroatoms. The van der Waals surface area contributed by atoms with E-state index in [0.717, 1.165) is 22.2 Å². The fourth-order valence-electron chi connectivity index (χ4n) is 2.60. The minimum Gasteiger partial charge on any atom is -0.381 e. The summed E-state index contributed by atoms with van der Waals surface area (Å²) in [5.74, 6) is 0.221. The maximum absolute atomic E-state index is 12.1. The Morgan fingerprint density at radius 2 is 1.75 bits per heavy atom. The van der Waals surface area contributed by atoms with Gasteiger partial charge in [0.1, 0.15) is 0 Å². The number of amides is 2. The molecule has 28 heavy (non-hydrogen) atoms. The Kier molecular flexibility index (Phi) is 5.01. The van der Waals surface area contributed by atoms with Crippen LogP contribution in [-0.2, 0) is 6.54 Å². The Labute approximate surface area is 161 Å². The molecule has 0 bridgehead atoms. The van der Waals surface area contributed by atoms with E-state index in [1.165, 1.54) is 0 Å². The Balaban J connectivity index is 1.45. The fraction of sp³-hybridized carbons (Fsp3) is 0.0500. The van der Waals surface area contributed by atoms with Crippen LogP contribution in [0.2, 0.25) is 0 Å². The largest absolute Gasteiger partial charge is 0.381 e. The van der Waals surface area contributed by atoms with Crippen molar-refractivity contribution in [3.05, 3.63) is 79.0 Å². The maximum Gasteiger partial charge on any atom is 0.326 e. The Hall–Kier alpha value is -4.07. The molecule has 0 aliphatic heterocycles. The number of anilines is 3. The highest BCUT2D eigenvalue weighted by atomic mass is 16.2. The highest BCUT2D eigenvalue weighted by Crippen LogP contribution is 2.19. The van der Waals surface area contributed by atoms with Gasteiger partial charge in [0.2, 0.25) is 5.95 Å². The zero-order valence-electron chi connectivity index (χ0n) is 14.8. The zero-order valence-corrected chi connectivity index (χ0v) is 14.8. The SMILES string of the molecule is O=C(Nc1cccnc1)Nc1ncc2ccc(NCc3cccnc3)cc2n1. The fourth-order valence-corrected chi connectivity index (χ4v) is 2.60. The number of hydrogen-bond acceptors (Lipinski definition) is 6. The standard InChI is InChI=1S/C20H17N7O/c28-20(25-17-4-2-8-22-13-17)27-19-24-12-15-5-6-16(9-18(15)26-19)23-11-14-3-1-7-21-10-14/h1-10,12-13,23H,11H2,(H2,24,25,26,27,28). The van der Waals surface area contributed by atoms with Gasteiger partial charge >= 0.3 is 6.03 Å². The number of pyridine rings is 2. The van der Waals surface area contributed by atoms with Crippen LogP contribution in [0.3, 0.4) is 0 Å². The monoisotopic (exact) mass is 371 g/mol. The molecule has 4 rings (SSSR count). The van der Waals surface area contributed by atoms with Gasteiger partial charge in [-0.25, -0.2) is 14.8 Å². The quantitative estimate of drug-likeness (QED) is 0.494. The van der Waals surface area contributed by atoms with Crippen LogP contribution in [0.15, 0.2) is 73.4 Å². The molecular formula is C20H17N7O. The summed E-state index contributed by atoms with van der Waals surface area (Å²) < 4.78 is 0. The van der Waals surface area contributed by atoms with Crippen LogP contribution in [0.4, 0.5) is 22.1 Å². The first-order valence-corrected chi connectivity index (χ1v) is 8.64. The number of nitrogens with one attached hydrogen (secondary N) is 3. The topological polar surface area (TPSA) is 105 Å². The third-order valence-electron chi connectivity index (χ3n) is 3.95. The second-order valence-electron chi connectivity index (χ2n) is 6.00. The number of nitrogens with zero attached hydrogens (tertiary/aromatic N) is 4. The normalized spacial score (nSPS) is 10.4. The molecule has 0 aliphatic carbocycles. The molecule has 0 aliphatic rings. The number of aromatic nitrogens is 4. The van der Waals surface area contributed by atoms with Crippen LogP contribution in [-0.4, -0.2) is 26.0 Å². The molecular weight excluding hydrogens is 354 g/mol. The van der Waals surface area contributed by atoms with E-state index in [4.69, 9.17) is 0 Å². The van der Waals surface area contributed by atoms with E-state index in [9.17, 15) is 4.79 Å². The molecule has 138 valence electrons. The van der Waals surface area contributed by atoms with E-state index in [1.54, 1.807) is 36.9 Å². The Morgan fingerprint density at radius 3 is 2.54 bits per heavy atom. The number of fused-ring (bicyclic) bond motifs is 1. The van der Waals surface area contributed by atoms with Crippen molar-refractivity contribution >= 4 is 34.3 Å². The van der Waals surface area contributed by atoms with Crippen molar-refractivity contribution in [1.29, 1.82) is 0 Å². The summed E-state index contributed by atoms with van der Waals surface area (Å²) in [4.78, 5) is 28.8. The first-order chi connectivity index (χ1) is 13.8. The number of benzene rings is 1. The molecule has 0 saturated heterocycles. The lowest BCUT2D eigenvalue weighted by molar-refractivity contribution is 0.262. The van der Waals surface area contributed by atoms with Crippen LogP contribution in [0.25, 0.3) is 10.9 Å². The molecule has 1 aromatic carbocycles. The van der Waals surface area contributed by atoms with Gasteiger partial charge in [-0.1, -0.05) is 6.07 Å². The molecule has 0 unspecified atom stereocenters. The molecule has 0 spiro atoms. The van der Waals surface area contributed by atoms with Crippen molar-refractivity contribution < 1.29 is 4.79 Å². The molecule has 0 fully saturated rings. The number of carbonyl (C=O) groups is 1. The average Bonchev–Trinajstić information content (AvgIpc) is 2.73. The molecule has 3 aromatic heterocycles. The smallest absolute Gasteiger partial charge is 0.326 e. The molecule has 0 atom stereocenters. The van der Waals surface area contributed by atoms with E-state index in [1.807, 2.05) is 36.5 Å². The van der Waals surface area contributed by atoms with Crippen molar-refractivity contribution in [2.24, 2.45) is 0 Å². The summed E-state index contributed by atoms with van der Waals surface area (Å²) in [6, 6.07) is 12.8. The van der Waals surface area contributed by atoms with Gasteiger partial charge in [-0.05, 0) is 42.0 Å². The second-order valence-corrected chi connectivity index (χ2v) is 6.00. The lowest BCUT2D eigenvalue weighted by atomic mass is 10.2. The predicted octanol–water partition coefficient (Wildman–Crippen LogP) is 3.68. The maximum atomic E-state index is 12.1. The lowest BCUT2D eigenvalue weighted by Crippen LogP contribution is -2.20. The Morgan fingerprint density at radius 1 is 0.893 bits per heavy atom. The predicted molar refractivity (Wildman–Crippen MR) is 108 cm³/mol. The van der Waals surface area contributed by atoms with Gasteiger partial charge in [0, 0.05) is 42.4 Å². The van der Waals surface area contributed by atoms with Gasteiger partial charge in [0.25, 0.3) is 0 Å². The molecule has 3 N–H and O–H groups in total. The minimum absolute atomic E-state index is 0.221. The van der Waals surface area contributed by atoms with Gasteiger partial charge in [0.05, 0.1) is 17.4 Å². The van der Waals surface area contributed by atoms with Crippen LogP contribution in [0, 0.1) is 0 Å². The zero-order chi connectivity index (χ0) is 19.2. The molecule has 8 nitrogen and oxygen atoms in total. The minimum atomic E-state index is -0.432. The average molecular weight is 371 g/mol. The molecule has 4 aromatic rings. The Bertz CT molecular complexity index is 1090. The van der Waals surface area contributed by atoms with Crippen molar-refractivity contribution in [2.75, 3.05) is 16.0 Å². The number of urea groups is 1. The number of rotatable bonds is 5. The van der Waals surface area contributed by atoms with Gasteiger partial charge in [-0.2, -0.15) is 0 Å². The lowest BCUT2D eigenvalue weighted by Gasteiger charge is -2.09. The van der Waals surface area contributed by atoms with Gasteiger partial charge in [-0.3, -0.25) is 15.3 Å². The van der Waals surface area contributed by atoms with E-state index >= 15 is 0 Å². The van der Waals surface area contributed by atoms with E-state index in [2.05, 4.69) is 35.9 Å². The highest BCUT2D eigenvalue weighted by Gasteiger charge is 2.06. The van der Waals surface area contributed by atoms with Gasteiger partial charge in [-0.15, -0.1) is 0 Å². The van der Waals surface area contributed by atoms with E-state index in [-0.39, 0.29) is 5.95 Å². The van der Waals surface area contributed by atoms with Crippen molar-refractivity contribution in [3.63, 3.8) is 0 Å². The van der Waals surface area contributed by atoms with Crippen molar-refractivity contribution in [3.8, 4) is 0 Å². The summed E-state index contributed by atoms with van der Waals surface area (Å²) in [5, 5.41) is 9.53.